The normalized spacial score (nSPS) is 17.4. The van der Waals surface area contributed by atoms with E-state index in [0.717, 1.165) is 11.1 Å². The molecule has 1 aliphatic carbocycles. The van der Waals surface area contributed by atoms with Crippen LogP contribution in [-0.4, -0.2) is 41.2 Å². The molecule has 0 fully saturated rings. The Balaban J connectivity index is 1.41. The smallest absolute Gasteiger partial charge is 0.408 e. The number of hydrogen-bond donors (Lipinski definition) is 4. The number of benzene rings is 1. The molecule has 1 aliphatic heterocycles. The van der Waals surface area contributed by atoms with Crippen LogP contribution in [0, 0.1) is 5.82 Å². The van der Waals surface area contributed by atoms with Crippen molar-refractivity contribution < 1.29 is 18.7 Å². The lowest BCUT2D eigenvalue weighted by Gasteiger charge is -2.13. The van der Waals surface area contributed by atoms with Gasteiger partial charge in [-0.15, -0.1) is 10.2 Å². The maximum absolute atomic E-state index is 13.4. The number of alkyl carbamates (subject to hydrolysis) is 1. The van der Waals surface area contributed by atoms with Gasteiger partial charge >= 0.3 is 6.09 Å². The van der Waals surface area contributed by atoms with Crippen molar-refractivity contribution in [3.63, 3.8) is 0 Å². The van der Waals surface area contributed by atoms with Crippen LogP contribution in [0.3, 0.4) is 0 Å². The van der Waals surface area contributed by atoms with Gasteiger partial charge in [0.15, 0.2) is 12.4 Å². The predicted octanol–water partition coefficient (Wildman–Crippen LogP) is 2.05. The molecule has 2 heterocycles. The Morgan fingerprint density at radius 2 is 2.19 bits per heavy atom. The highest BCUT2D eigenvalue weighted by Crippen LogP contribution is 2.35. The zero-order valence-corrected chi connectivity index (χ0v) is 17.6. The molecular formula is C19H21ClFN7O3. The van der Waals surface area contributed by atoms with Gasteiger partial charge in [-0.05, 0) is 42.2 Å². The summed E-state index contributed by atoms with van der Waals surface area (Å²) in [5, 5.41) is 11.0. The number of amides is 2. The number of anilines is 1. The number of nitrogens with zero attached hydrogens (tertiary/aromatic N) is 3. The van der Waals surface area contributed by atoms with Gasteiger partial charge in [0.1, 0.15) is 11.5 Å². The highest BCUT2D eigenvalue weighted by atomic mass is 35.5. The summed E-state index contributed by atoms with van der Waals surface area (Å²) in [5.41, 5.74) is 8.10. The number of ether oxygens (including phenoxy) is 1. The number of carbonyl (C=O) groups is 2. The molecular weight excluding hydrogens is 429 g/mol. The van der Waals surface area contributed by atoms with E-state index in [4.69, 9.17) is 16.3 Å². The summed E-state index contributed by atoms with van der Waals surface area (Å²) in [6.07, 6.45) is 2.51. The molecule has 1 aromatic carbocycles. The number of halogens is 2. The molecule has 0 saturated carbocycles. The van der Waals surface area contributed by atoms with E-state index in [9.17, 15) is 14.0 Å². The molecule has 164 valence electrons. The van der Waals surface area contributed by atoms with Crippen LogP contribution in [0.4, 0.5) is 14.9 Å². The monoisotopic (exact) mass is 449 g/mol. The molecule has 4 N–H and O–H groups in total. The fourth-order valence-corrected chi connectivity index (χ4v) is 3.86. The third-order valence-electron chi connectivity index (χ3n) is 5.03. The average molecular weight is 450 g/mol. The highest BCUT2D eigenvalue weighted by Gasteiger charge is 2.31. The number of fused-ring (bicyclic) bond motifs is 1. The van der Waals surface area contributed by atoms with Crippen molar-refractivity contribution in [2.45, 2.75) is 18.9 Å². The quantitative estimate of drug-likeness (QED) is 0.556. The van der Waals surface area contributed by atoms with Gasteiger partial charge in [-0.2, -0.15) is 0 Å². The van der Waals surface area contributed by atoms with Crippen LogP contribution >= 0.6 is 11.6 Å². The molecule has 0 spiro atoms. The first-order chi connectivity index (χ1) is 14.8. The van der Waals surface area contributed by atoms with Crippen LogP contribution in [-0.2, 0) is 18.2 Å². The van der Waals surface area contributed by atoms with E-state index in [1.165, 1.54) is 23.3 Å². The van der Waals surface area contributed by atoms with Gasteiger partial charge in [0.25, 0.3) is 5.91 Å². The lowest BCUT2D eigenvalue weighted by Crippen LogP contribution is -2.39. The van der Waals surface area contributed by atoms with Crippen LogP contribution in [0.5, 0.6) is 0 Å². The minimum absolute atomic E-state index is 0.00851. The molecule has 10 nitrogen and oxygen atoms in total. The summed E-state index contributed by atoms with van der Waals surface area (Å²) >= 11 is 5.79. The first-order valence-electron chi connectivity index (χ1n) is 9.52. The predicted molar refractivity (Wildman–Crippen MR) is 112 cm³/mol. The van der Waals surface area contributed by atoms with E-state index in [1.54, 1.807) is 18.7 Å². The summed E-state index contributed by atoms with van der Waals surface area (Å²) in [5.74, 6) is -0.416. The number of amidine groups is 1. The summed E-state index contributed by atoms with van der Waals surface area (Å²) < 4.78 is 20.3. The first-order valence-corrected chi connectivity index (χ1v) is 9.90. The van der Waals surface area contributed by atoms with Gasteiger partial charge in [-0.25, -0.2) is 14.7 Å². The van der Waals surface area contributed by atoms with Crippen LogP contribution in [0.2, 0.25) is 5.02 Å². The standard InChI is InChI=1S/C19H21ClFN7O3/c1-27-8-12-11(17(27)18(29)22-10-3-5-14(21)13(20)7-10)4-6-15(12)23-19(30)31-9-16-24-26-28(2)25-16/h3,5,7-8,15,26H,4,6,9H2,1-2H3,(H,22,29)(H,23,30)(H,24,25). The Kier molecular flexibility index (Phi) is 5.70. The van der Waals surface area contributed by atoms with Crippen LogP contribution in [0.25, 0.3) is 0 Å². The summed E-state index contributed by atoms with van der Waals surface area (Å²) in [6, 6.07) is 3.73. The molecule has 12 heteroatoms. The van der Waals surface area contributed by atoms with Crippen molar-refractivity contribution in [2.75, 3.05) is 19.0 Å². The number of hydrazone groups is 1. The number of nitrogens with one attached hydrogen (secondary N) is 4. The molecule has 1 unspecified atom stereocenters. The van der Waals surface area contributed by atoms with Gasteiger partial charge in [0, 0.05) is 26.0 Å². The zero-order valence-electron chi connectivity index (χ0n) is 16.8. The zero-order chi connectivity index (χ0) is 22.1. The molecule has 1 aromatic heterocycles. The Hall–Kier alpha value is -3.31. The van der Waals surface area contributed by atoms with Crippen LogP contribution in [0.1, 0.15) is 34.1 Å². The molecule has 31 heavy (non-hydrogen) atoms. The first kappa shape index (κ1) is 20.9. The molecule has 2 aromatic rings. The van der Waals surface area contributed by atoms with Crippen molar-refractivity contribution in [3.05, 3.63) is 52.1 Å². The molecule has 0 bridgehead atoms. The van der Waals surface area contributed by atoms with Crippen molar-refractivity contribution in [2.24, 2.45) is 12.1 Å². The Labute approximate surface area is 182 Å². The van der Waals surface area contributed by atoms with Gasteiger partial charge in [-0.3, -0.25) is 10.2 Å². The summed E-state index contributed by atoms with van der Waals surface area (Å²) in [7, 11) is 3.48. The fraction of sp³-hybridized carbons (Fsp3) is 0.316. The second kappa shape index (κ2) is 8.44. The van der Waals surface area contributed by atoms with E-state index in [-0.39, 0.29) is 23.6 Å². The molecule has 0 radical (unpaired) electrons. The molecule has 2 aliphatic rings. The second-order valence-electron chi connectivity index (χ2n) is 7.25. The van der Waals surface area contributed by atoms with Gasteiger partial charge in [-0.1, -0.05) is 11.6 Å². The number of carbonyl (C=O) groups excluding carboxylic acids is 2. The maximum Gasteiger partial charge on any atom is 0.408 e. The number of hydrazine groups is 2. The van der Waals surface area contributed by atoms with E-state index in [1.807, 2.05) is 6.20 Å². The fourth-order valence-electron chi connectivity index (χ4n) is 3.68. The van der Waals surface area contributed by atoms with E-state index < -0.39 is 11.9 Å². The van der Waals surface area contributed by atoms with E-state index in [2.05, 4.69) is 26.7 Å². The number of hydrogen-bond acceptors (Lipinski definition) is 7. The molecule has 1 atom stereocenters. The van der Waals surface area contributed by atoms with Gasteiger partial charge in [0.2, 0.25) is 0 Å². The average Bonchev–Trinajstić information content (AvgIpc) is 3.39. The van der Waals surface area contributed by atoms with Crippen molar-refractivity contribution >= 4 is 35.1 Å². The highest BCUT2D eigenvalue weighted by molar-refractivity contribution is 6.31. The third kappa shape index (κ3) is 4.42. The molecule has 2 amide bonds. The Morgan fingerprint density at radius 1 is 1.39 bits per heavy atom. The third-order valence-corrected chi connectivity index (χ3v) is 5.32. The van der Waals surface area contributed by atoms with Gasteiger partial charge < -0.3 is 19.9 Å². The Bertz CT molecular complexity index is 1070. The lowest BCUT2D eigenvalue weighted by molar-refractivity contribution is 0.101. The van der Waals surface area contributed by atoms with Crippen molar-refractivity contribution in [3.8, 4) is 0 Å². The summed E-state index contributed by atoms with van der Waals surface area (Å²) in [6.45, 7) is -0.00851. The maximum atomic E-state index is 13.4. The van der Waals surface area contributed by atoms with Crippen molar-refractivity contribution in [1.29, 1.82) is 0 Å². The number of rotatable bonds is 5. The van der Waals surface area contributed by atoms with Crippen LogP contribution in [0.15, 0.2) is 29.5 Å². The molecule has 0 saturated heterocycles. The van der Waals surface area contributed by atoms with Crippen molar-refractivity contribution in [1.82, 2.24) is 26.0 Å². The summed E-state index contributed by atoms with van der Waals surface area (Å²) in [4.78, 5) is 25.0. The van der Waals surface area contributed by atoms with Crippen LogP contribution < -0.4 is 21.6 Å². The topological polar surface area (TPSA) is 112 Å². The van der Waals surface area contributed by atoms with Gasteiger partial charge in [0.05, 0.1) is 11.1 Å². The minimum Gasteiger partial charge on any atom is -0.441 e. The van der Waals surface area contributed by atoms with E-state index in [0.29, 0.717) is 30.1 Å². The lowest BCUT2D eigenvalue weighted by atomic mass is 10.1. The Morgan fingerprint density at radius 3 is 2.90 bits per heavy atom. The SMILES string of the molecule is CN1NN=C(COC(=O)NC2CCc3c2cn(C)c3C(=O)Nc2ccc(F)c(Cl)c2)N1. The number of aromatic nitrogens is 1. The largest absolute Gasteiger partial charge is 0.441 e. The van der Waals surface area contributed by atoms with E-state index >= 15 is 0 Å². The minimum atomic E-state index is -0.576. The number of aryl methyl sites for hydroxylation is 1. The molecule has 4 rings (SSSR count). The second-order valence-corrected chi connectivity index (χ2v) is 7.65.